The first-order chi connectivity index (χ1) is 9.93. The predicted molar refractivity (Wildman–Crippen MR) is 88.7 cm³/mol. The molecule has 2 aliphatic heterocycles. The molecule has 1 aliphatic carbocycles. The zero-order chi connectivity index (χ0) is 15.0. The van der Waals surface area contributed by atoms with Crippen molar-refractivity contribution in [2.24, 2.45) is 11.8 Å². The molecular weight excluding hydrogens is 256 g/mol. The topological polar surface area (TPSA) is 17.8 Å². The van der Waals surface area contributed by atoms with Crippen LogP contribution >= 0.6 is 0 Å². The Labute approximate surface area is 128 Å². The summed E-state index contributed by atoms with van der Waals surface area (Å²) in [6.45, 7) is 10.2. The molecule has 0 bridgehead atoms. The minimum absolute atomic E-state index is 0.122. The fourth-order valence-corrected chi connectivity index (χ4v) is 3.42. The fraction of sp³-hybridized carbons (Fsp3) is 0.632. The van der Waals surface area contributed by atoms with Gasteiger partial charge in [-0.1, -0.05) is 40.5 Å². The first kappa shape index (κ1) is 14.6. The monoisotopic (exact) mass is 284 g/mol. The van der Waals surface area contributed by atoms with Crippen molar-refractivity contribution in [3.8, 4) is 11.4 Å². The van der Waals surface area contributed by atoms with E-state index in [2.05, 4.69) is 56.7 Å². The van der Waals surface area contributed by atoms with E-state index in [0.717, 1.165) is 18.4 Å². The fourth-order valence-electron chi connectivity index (χ4n) is 3.42. The van der Waals surface area contributed by atoms with Crippen LogP contribution < -0.4 is 0 Å². The molecule has 0 aromatic carbocycles. The lowest BCUT2D eigenvalue weighted by atomic mass is 9.83. The molecule has 3 aliphatic rings. The average Bonchev–Trinajstić information content (AvgIpc) is 2.86. The molecule has 0 amide bonds. The molecule has 2 heteroatoms. The average molecular weight is 284 g/mol. The van der Waals surface area contributed by atoms with Crippen LogP contribution in [0.15, 0.2) is 24.4 Å². The second-order valence-electron chi connectivity index (χ2n) is 7.96. The molecule has 0 spiro atoms. The van der Waals surface area contributed by atoms with E-state index in [4.69, 9.17) is 4.98 Å². The molecule has 2 heterocycles. The summed E-state index contributed by atoms with van der Waals surface area (Å²) >= 11 is 0. The molecule has 21 heavy (non-hydrogen) atoms. The second kappa shape index (κ2) is 5.47. The van der Waals surface area contributed by atoms with Gasteiger partial charge in [0.1, 0.15) is 5.82 Å². The van der Waals surface area contributed by atoms with Crippen LogP contribution in [0.1, 0.15) is 59.1 Å². The first-order valence-electron chi connectivity index (χ1n) is 8.40. The Morgan fingerprint density at radius 2 is 1.90 bits per heavy atom. The number of rotatable bonds is 2. The van der Waals surface area contributed by atoms with Crippen LogP contribution in [0.5, 0.6) is 0 Å². The van der Waals surface area contributed by atoms with Crippen molar-refractivity contribution in [3.63, 3.8) is 0 Å². The van der Waals surface area contributed by atoms with E-state index in [-0.39, 0.29) is 5.41 Å². The molecule has 2 nitrogen and oxygen atoms in total. The number of fused-ring (bicyclic) bond motifs is 1. The van der Waals surface area contributed by atoms with Crippen LogP contribution in [0.4, 0.5) is 0 Å². The van der Waals surface area contributed by atoms with Crippen LogP contribution in [0.3, 0.4) is 0 Å². The summed E-state index contributed by atoms with van der Waals surface area (Å²) < 4.78 is 2.38. The van der Waals surface area contributed by atoms with Gasteiger partial charge in [0.15, 0.2) is 0 Å². The van der Waals surface area contributed by atoms with E-state index in [1.165, 1.54) is 42.8 Å². The molecule has 0 saturated heterocycles. The Hall–Kier alpha value is -1.31. The van der Waals surface area contributed by atoms with Gasteiger partial charge in [0.05, 0.1) is 0 Å². The van der Waals surface area contributed by atoms with Crippen LogP contribution in [0, 0.1) is 11.8 Å². The number of hydrogen-bond acceptors (Lipinski definition) is 1. The second-order valence-corrected chi connectivity index (χ2v) is 7.96. The standard InChI is InChI=1S/C19H28N2/c1-14-7-9-15(10-8-14)13-21-11-5-6-16-12-17(19(2,3)4)20-18(16)21/h5-6,11-12,14-15H,7-10,13H2,1-4H3/t14-,15-. The quantitative estimate of drug-likeness (QED) is 0.749. The van der Waals surface area contributed by atoms with Gasteiger partial charge in [0.2, 0.25) is 0 Å². The van der Waals surface area contributed by atoms with Crippen molar-refractivity contribution in [1.82, 2.24) is 9.55 Å². The van der Waals surface area contributed by atoms with E-state index in [1.807, 2.05) is 0 Å². The highest BCUT2D eigenvalue weighted by Gasteiger charge is 2.23. The summed E-state index contributed by atoms with van der Waals surface area (Å²) in [6, 6.07) is 6.62. The van der Waals surface area contributed by atoms with Crippen molar-refractivity contribution in [3.05, 3.63) is 30.1 Å². The van der Waals surface area contributed by atoms with Crippen molar-refractivity contribution >= 4 is 0 Å². The molecule has 3 rings (SSSR count). The number of nitrogens with zero attached hydrogens (tertiary/aromatic N) is 2. The Kier molecular flexibility index (Phi) is 3.81. The molecule has 0 N–H and O–H groups in total. The van der Waals surface area contributed by atoms with Crippen LogP contribution in [0.2, 0.25) is 0 Å². The van der Waals surface area contributed by atoms with Gasteiger partial charge in [0.25, 0.3) is 0 Å². The third-order valence-electron chi connectivity index (χ3n) is 4.95. The maximum absolute atomic E-state index is 4.93. The number of pyridine rings is 1. The summed E-state index contributed by atoms with van der Waals surface area (Å²) in [5, 5.41) is 0. The lowest BCUT2D eigenvalue weighted by molar-refractivity contribution is 0.265. The van der Waals surface area contributed by atoms with Gasteiger partial charge in [0, 0.05) is 29.4 Å². The van der Waals surface area contributed by atoms with E-state index in [9.17, 15) is 0 Å². The molecule has 1 fully saturated rings. The third-order valence-corrected chi connectivity index (χ3v) is 4.95. The van der Waals surface area contributed by atoms with Gasteiger partial charge in [-0.15, -0.1) is 0 Å². The highest BCUT2D eigenvalue weighted by Crippen LogP contribution is 2.33. The minimum atomic E-state index is 0.122. The summed E-state index contributed by atoms with van der Waals surface area (Å²) in [5.74, 6) is 2.92. The Morgan fingerprint density at radius 1 is 1.19 bits per heavy atom. The molecule has 0 radical (unpaired) electrons. The van der Waals surface area contributed by atoms with Gasteiger partial charge < -0.3 is 4.57 Å². The van der Waals surface area contributed by atoms with E-state index < -0.39 is 0 Å². The van der Waals surface area contributed by atoms with Crippen molar-refractivity contribution < 1.29 is 0 Å². The minimum Gasteiger partial charge on any atom is -0.332 e. The van der Waals surface area contributed by atoms with Crippen molar-refractivity contribution in [2.45, 2.75) is 65.3 Å². The van der Waals surface area contributed by atoms with Crippen molar-refractivity contribution in [2.75, 3.05) is 0 Å². The zero-order valence-electron chi connectivity index (χ0n) is 13.9. The van der Waals surface area contributed by atoms with Gasteiger partial charge in [-0.3, -0.25) is 0 Å². The van der Waals surface area contributed by atoms with Crippen molar-refractivity contribution in [1.29, 1.82) is 0 Å². The summed E-state index contributed by atoms with van der Waals surface area (Å²) in [6.07, 6.45) is 7.74. The highest BCUT2D eigenvalue weighted by molar-refractivity contribution is 5.59. The van der Waals surface area contributed by atoms with Crippen LogP contribution in [0.25, 0.3) is 11.4 Å². The Morgan fingerprint density at radius 3 is 2.57 bits per heavy atom. The largest absolute Gasteiger partial charge is 0.332 e. The first-order valence-corrected chi connectivity index (χ1v) is 8.40. The molecule has 0 aromatic rings. The smallest absolute Gasteiger partial charge is 0.140 e. The normalized spacial score (nSPS) is 23.6. The van der Waals surface area contributed by atoms with Gasteiger partial charge in [-0.05, 0) is 42.9 Å². The highest BCUT2D eigenvalue weighted by atomic mass is 15.0. The number of aromatic nitrogens is 2. The Balaban J connectivity index is 1.84. The molecule has 0 aromatic heterocycles. The molecule has 0 unspecified atom stereocenters. The van der Waals surface area contributed by atoms with E-state index in [0.29, 0.717) is 0 Å². The Bertz CT molecular complexity index is 568. The lowest BCUT2D eigenvalue weighted by Gasteiger charge is -2.27. The van der Waals surface area contributed by atoms with Gasteiger partial charge in [-0.25, -0.2) is 4.98 Å². The zero-order valence-corrected chi connectivity index (χ0v) is 13.9. The molecule has 114 valence electrons. The maximum atomic E-state index is 4.93. The maximum Gasteiger partial charge on any atom is 0.140 e. The SMILES string of the molecule is CC(C)(C)c1cc2cccn(C[C@H]3CC[C@H](C)CC3)c-2n1. The summed E-state index contributed by atoms with van der Waals surface area (Å²) in [5.41, 5.74) is 2.61. The summed E-state index contributed by atoms with van der Waals surface area (Å²) in [7, 11) is 0. The van der Waals surface area contributed by atoms with Crippen LogP contribution in [-0.2, 0) is 12.0 Å². The van der Waals surface area contributed by atoms with E-state index >= 15 is 0 Å². The molecular formula is C19H28N2. The van der Waals surface area contributed by atoms with Gasteiger partial charge >= 0.3 is 0 Å². The summed E-state index contributed by atoms with van der Waals surface area (Å²) in [4.78, 5) is 4.93. The van der Waals surface area contributed by atoms with Gasteiger partial charge in [-0.2, -0.15) is 0 Å². The third kappa shape index (κ3) is 3.14. The number of hydrogen-bond donors (Lipinski definition) is 0. The predicted octanol–water partition coefficient (Wildman–Crippen LogP) is 5.11. The van der Waals surface area contributed by atoms with E-state index in [1.54, 1.807) is 0 Å². The van der Waals surface area contributed by atoms with Crippen LogP contribution in [-0.4, -0.2) is 9.55 Å². The molecule has 1 saturated carbocycles. The lowest BCUT2D eigenvalue weighted by Crippen LogP contribution is -2.19. The molecule has 0 atom stereocenters.